The van der Waals surface area contributed by atoms with Crippen LogP contribution in [0.2, 0.25) is 0 Å². The molecule has 3 aliphatic carbocycles. The van der Waals surface area contributed by atoms with Gasteiger partial charge in [-0.1, -0.05) is 97.5 Å². The Hall–Kier alpha value is -6.31. The summed E-state index contributed by atoms with van der Waals surface area (Å²) in [6.07, 6.45) is 21.8. The van der Waals surface area contributed by atoms with Crippen LogP contribution in [0.1, 0.15) is 48.3 Å². The smallest absolute Gasteiger partial charge is 0.135 e. The van der Waals surface area contributed by atoms with Gasteiger partial charge in [0.1, 0.15) is 11.3 Å². The summed E-state index contributed by atoms with van der Waals surface area (Å²) in [6.45, 7) is 4.54. The van der Waals surface area contributed by atoms with Gasteiger partial charge in [-0.25, -0.2) is 0 Å². The second-order valence-electron chi connectivity index (χ2n) is 14.5. The van der Waals surface area contributed by atoms with Gasteiger partial charge in [0.15, 0.2) is 0 Å². The monoisotopic (exact) mass is 671 g/mol. The van der Waals surface area contributed by atoms with Crippen LogP contribution in [0.5, 0.6) is 0 Å². The van der Waals surface area contributed by atoms with E-state index in [1.54, 1.807) is 0 Å². The number of benzene rings is 4. The number of hydrogen-bond acceptors (Lipinski definition) is 3. The second kappa shape index (κ2) is 11.9. The van der Waals surface area contributed by atoms with Crippen LogP contribution in [0.15, 0.2) is 161 Å². The lowest BCUT2D eigenvalue weighted by molar-refractivity contribution is 0.372. The SMILES string of the molecule is Cc1ccc2c(c1)c1ccccc1n2C1=CC(C#N)=CCC(c2cccc(N3C4=C(C=CCC=C4)C4C=Cc5oc6ccccc6c5C3C4C)c2)=C1. The van der Waals surface area contributed by atoms with E-state index >= 15 is 0 Å². The molecule has 1 aliphatic heterocycles. The fourth-order valence-electron chi connectivity index (χ4n) is 9.02. The number of aryl methyl sites for hydroxylation is 1. The first-order valence-corrected chi connectivity index (χ1v) is 18.3. The zero-order valence-electron chi connectivity index (χ0n) is 29.3. The summed E-state index contributed by atoms with van der Waals surface area (Å²) >= 11 is 0. The molecule has 4 aromatic carbocycles. The molecular formula is C48H37N3O. The molecular weight excluding hydrogens is 635 g/mol. The number of para-hydroxylation sites is 2. The van der Waals surface area contributed by atoms with Crippen LogP contribution in [0.25, 0.3) is 50.1 Å². The highest BCUT2D eigenvalue weighted by Gasteiger charge is 2.43. The quantitative estimate of drug-likeness (QED) is 0.188. The van der Waals surface area contributed by atoms with Crippen molar-refractivity contribution >= 4 is 55.8 Å². The number of allylic oxidation sites excluding steroid dienone is 12. The molecule has 10 rings (SSSR count). The van der Waals surface area contributed by atoms with Crippen molar-refractivity contribution in [3.8, 4) is 6.07 Å². The Kier molecular flexibility index (Phi) is 6.98. The Morgan fingerprint density at radius 1 is 0.808 bits per heavy atom. The normalized spacial score (nSPS) is 20.9. The molecule has 52 heavy (non-hydrogen) atoms. The largest absolute Gasteiger partial charge is 0.456 e. The molecule has 2 bridgehead atoms. The Morgan fingerprint density at radius 2 is 1.63 bits per heavy atom. The first kappa shape index (κ1) is 30.5. The lowest BCUT2D eigenvalue weighted by Crippen LogP contribution is -2.40. The molecule has 4 heteroatoms. The number of nitrogens with zero attached hydrogens (tertiary/aromatic N) is 3. The van der Waals surface area contributed by atoms with Crippen molar-refractivity contribution in [1.29, 1.82) is 5.26 Å². The Balaban J connectivity index is 1.16. The van der Waals surface area contributed by atoms with Gasteiger partial charge in [0.05, 0.1) is 28.7 Å². The molecule has 0 amide bonds. The van der Waals surface area contributed by atoms with Crippen molar-refractivity contribution in [3.63, 3.8) is 0 Å². The van der Waals surface area contributed by atoms with Gasteiger partial charge in [-0.15, -0.1) is 0 Å². The minimum atomic E-state index is 0.0634. The maximum atomic E-state index is 10.2. The number of anilines is 1. The van der Waals surface area contributed by atoms with Gasteiger partial charge in [0, 0.05) is 44.7 Å². The molecule has 3 atom stereocenters. The molecule has 0 saturated heterocycles. The summed E-state index contributed by atoms with van der Waals surface area (Å²) in [5.41, 5.74) is 13.4. The molecule has 0 saturated carbocycles. The van der Waals surface area contributed by atoms with Crippen molar-refractivity contribution in [2.45, 2.75) is 32.7 Å². The Labute approximate surface area is 303 Å². The Bertz CT molecular complexity index is 2750. The minimum absolute atomic E-state index is 0.0634. The second-order valence-corrected chi connectivity index (χ2v) is 14.5. The van der Waals surface area contributed by atoms with E-state index in [1.807, 2.05) is 6.08 Å². The van der Waals surface area contributed by atoms with Crippen LogP contribution in [-0.2, 0) is 0 Å². The predicted octanol–water partition coefficient (Wildman–Crippen LogP) is 12.2. The summed E-state index contributed by atoms with van der Waals surface area (Å²) in [6, 6.07) is 35.2. The van der Waals surface area contributed by atoms with Crippen LogP contribution in [0.3, 0.4) is 0 Å². The van der Waals surface area contributed by atoms with Gasteiger partial charge in [-0.05, 0) is 103 Å². The number of nitriles is 1. The van der Waals surface area contributed by atoms with Crippen LogP contribution >= 0.6 is 0 Å². The van der Waals surface area contributed by atoms with E-state index in [1.165, 1.54) is 44.1 Å². The predicted molar refractivity (Wildman–Crippen MR) is 214 cm³/mol. The average Bonchev–Trinajstić information content (AvgIpc) is 3.40. The number of aromatic nitrogens is 1. The molecule has 0 N–H and O–H groups in total. The van der Waals surface area contributed by atoms with E-state index in [4.69, 9.17) is 4.42 Å². The van der Waals surface area contributed by atoms with Crippen molar-refractivity contribution in [3.05, 3.63) is 179 Å². The average molecular weight is 672 g/mol. The van der Waals surface area contributed by atoms with Crippen LogP contribution < -0.4 is 4.90 Å². The van der Waals surface area contributed by atoms with E-state index in [9.17, 15) is 5.26 Å². The van der Waals surface area contributed by atoms with Crippen molar-refractivity contribution in [2.24, 2.45) is 11.8 Å². The summed E-state index contributed by atoms with van der Waals surface area (Å²) in [4.78, 5) is 2.57. The van der Waals surface area contributed by atoms with Gasteiger partial charge in [-0.2, -0.15) is 5.26 Å². The fraction of sp³-hybridized carbons (Fsp3) is 0.146. The molecule has 0 radical (unpaired) electrons. The minimum Gasteiger partial charge on any atom is -0.456 e. The molecule has 2 aromatic heterocycles. The number of rotatable bonds is 3. The van der Waals surface area contributed by atoms with E-state index in [0.717, 1.165) is 45.7 Å². The van der Waals surface area contributed by atoms with Crippen LogP contribution in [0, 0.1) is 30.1 Å². The molecule has 6 aromatic rings. The maximum Gasteiger partial charge on any atom is 0.135 e. The van der Waals surface area contributed by atoms with E-state index in [0.29, 0.717) is 17.9 Å². The topological polar surface area (TPSA) is 45.1 Å². The summed E-state index contributed by atoms with van der Waals surface area (Å²) in [7, 11) is 0. The highest BCUT2D eigenvalue weighted by atomic mass is 16.3. The van der Waals surface area contributed by atoms with E-state index in [-0.39, 0.29) is 12.0 Å². The summed E-state index contributed by atoms with van der Waals surface area (Å²) in [5.74, 6) is 1.51. The molecule has 4 nitrogen and oxygen atoms in total. The van der Waals surface area contributed by atoms with E-state index < -0.39 is 0 Å². The summed E-state index contributed by atoms with van der Waals surface area (Å²) < 4.78 is 8.86. The maximum absolute atomic E-state index is 10.2. The third kappa shape index (κ3) is 4.66. The lowest BCUT2D eigenvalue weighted by Gasteiger charge is -2.45. The molecule has 250 valence electrons. The summed E-state index contributed by atoms with van der Waals surface area (Å²) in [5, 5.41) is 13.8. The van der Waals surface area contributed by atoms with Gasteiger partial charge >= 0.3 is 0 Å². The molecule has 4 aliphatic rings. The van der Waals surface area contributed by atoms with Crippen molar-refractivity contribution < 1.29 is 4.42 Å². The third-order valence-electron chi connectivity index (χ3n) is 11.4. The number of hydrogen-bond donors (Lipinski definition) is 0. The van der Waals surface area contributed by atoms with Crippen molar-refractivity contribution in [2.75, 3.05) is 4.90 Å². The third-order valence-corrected chi connectivity index (χ3v) is 11.4. The Morgan fingerprint density at radius 3 is 2.54 bits per heavy atom. The van der Waals surface area contributed by atoms with Gasteiger partial charge in [0.2, 0.25) is 0 Å². The number of furan rings is 1. The highest BCUT2D eigenvalue weighted by molar-refractivity contribution is 6.11. The first-order chi connectivity index (χ1) is 25.6. The standard InChI is InChI=1S/C48H37N3O/c1-30-19-23-44-41(25-30)39-14-6-8-17-42(39)50(44)36-26-32(29-49)20-21-34(28-36)33-11-10-12-35(27-33)51-43-16-5-3-4-13-38(43)37-22-24-46-47(48(51)31(37)2)40-15-7-9-18-45(40)52-46/h4-20,22-28,31,37,48H,3,21H2,1-2H3. The van der Waals surface area contributed by atoms with Gasteiger partial charge in [-0.3, -0.25) is 0 Å². The molecule has 0 fully saturated rings. The van der Waals surface area contributed by atoms with E-state index in [2.05, 4.69) is 169 Å². The zero-order chi connectivity index (χ0) is 34.9. The van der Waals surface area contributed by atoms with Crippen LogP contribution in [-0.4, -0.2) is 4.57 Å². The molecule has 0 spiro atoms. The molecule has 3 unspecified atom stereocenters. The zero-order valence-corrected chi connectivity index (χ0v) is 29.3. The van der Waals surface area contributed by atoms with Gasteiger partial charge in [0.25, 0.3) is 0 Å². The molecule has 3 heterocycles. The number of fused-ring (bicyclic) bond motifs is 10. The van der Waals surface area contributed by atoms with Crippen LogP contribution in [0.4, 0.5) is 5.69 Å². The fourth-order valence-corrected chi connectivity index (χ4v) is 9.02. The first-order valence-electron chi connectivity index (χ1n) is 18.3. The highest BCUT2D eigenvalue weighted by Crippen LogP contribution is 2.53. The lowest BCUT2D eigenvalue weighted by atomic mass is 9.75. The van der Waals surface area contributed by atoms with Crippen molar-refractivity contribution in [1.82, 2.24) is 4.57 Å². The van der Waals surface area contributed by atoms with Gasteiger partial charge < -0.3 is 13.9 Å².